The number of aromatic nitrogens is 2. The van der Waals surface area contributed by atoms with Crippen LogP contribution in [0.1, 0.15) is 18.4 Å². The van der Waals surface area contributed by atoms with E-state index in [1.165, 1.54) is 39.5 Å². The quantitative estimate of drug-likeness (QED) is 0.614. The van der Waals surface area contributed by atoms with Crippen molar-refractivity contribution < 1.29 is 13.2 Å². The first kappa shape index (κ1) is 21.0. The maximum Gasteiger partial charge on any atom is 0.244 e. The van der Waals surface area contributed by atoms with Crippen LogP contribution >= 0.6 is 23.1 Å². The van der Waals surface area contributed by atoms with Crippen molar-refractivity contribution in [2.75, 3.05) is 37.2 Å². The Morgan fingerprint density at radius 2 is 1.97 bits per heavy atom. The Balaban J connectivity index is 1.30. The van der Waals surface area contributed by atoms with Crippen LogP contribution in [0, 0.1) is 11.3 Å². The van der Waals surface area contributed by atoms with Crippen LogP contribution in [0.25, 0.3) is 0 Å². The van der Waals surface area contributed by atoms with Gasteiger partial charge in [0.05, 0.1) is 16.2 Å². The highest BCUT2D eigenvalue weighted by Crippen LogP contribution is 2.30. The standard InChI is InChI=1S/C18H20N6O3S3/c19-11-13-3-1-2-4-15(13)30(26,27)24-9-7-23(8-10-24)16(25)12-28-18-22-21-17(29-18)20-14-5-6-14/h1-4,14H,5-10,12H2,(H,20,21). The molecule has 30 heavy (non-hydrogen) atoms. The average Bonchev–Trinajstić information content (AvgIpc) is 3.47. The number of nitrogens with zero attached hydrogens (tertiary/aromatic N) is 5. The molecule has 0 atom stereocenters. The molecule has 0 radical (unpaired) electrons. The van der Waals surface area contributed by atoms with Crippen LogP contribution < -0.4 is 5.32 Å². The van der Waals surface area contributed by atoms with Gasteiger partial charge in [0, 0.05) is 32.2 Å². The van der Waals surface area contributed by atoms with Gasteiger partial charge in [-0.1, -0.05) is 35.2 Å². The van der Waals surface area contributed by atoms with Gasteiger partial charge >= 0.3 is 0 Å². The lowest BCUT2D eigenvalue weighted by molar-refractivity contribution is -0.129. The van der Waals surface area contributed by atoms with Crippen molar-refractivity contribution in [2.45, 2.75) is 28.1 Å². The highest BCUT2D eigenvalue weighted by atomic mass is 32.2. The zero-order valence-electron chi connectivity index (χ0n) is 16.0. The molecule has 2 fully saturated rings. The molecular formula is C18H20N6O3S3. The summed E-state index contributed by atoms with van der Waals surface area (Å²) >= 11 is 2.78. The molecule has 1 saturated carbocycles. The number of thioether (sulfide) groups is 1. The lowest BCUT2D eigenvalue weighted by Crippen LogP contribution is -2.51. The number of sulfonamides is 1. The smallest absolute Gasteiger partial charge is 0.244 e. The van der Waals surface area contributed by atoms with E-state index >= 15 is 0 Å². The lowest BCUT2D eigenvalue weighted by Gasteiger charge is -2.34. The fraction of sp³-hybridized carbons (Fsp3) is 0.444. The van der Waals surface area contributed by atoms with E-state index in [1.54, 1.807) is 17.0 Å². The zero-order chi connectivity index (χ0) is 21.1. The number of amides is 1. The molecule has 4 rings (SSSR count). The van der Waals surface area contributed by atoms with Crippen LogP contribution in [0.5, 0.6) is 0 Å². The highest BCUT2D eigenvalue weighted by Gasteiger charge is 2.31. The fourth-order valence-electron chi connectivity index (χ4n) is 3.04. The van der Waals surface area contributed by atoms with Gasteiger partial charge in [-0.05, 0) is 25.0 Å². The summed E-state index contributed by atoms with van der Waals surface area (Å²) in [5.41, 5.74) is 0.125. The van der Waals surface area contributed by atoms with E-state index in [0.717, 1.165) is 22.3 Å². The molecule has 1 N–H and O–H groups in total. The summed E-state index contributed by atoms with van der Waals surface area (Å²) in [6.45, 7) is 1.04. The molecule has 158 valence electrons. The van der Waals surface area contributed by atoms with Gasteiger partial charge in [-0.15, -0.1) is 10.2 Å². The van der Waals surface area contributed by atoms with Crippen molar-refractivity contribution in [1.29, 1.82) is 5.26 Å². The van der Waals surface area contributed by atoms with Crippen molar-refractivity contribution in [3.05, 3.63) is 29.8 Å². The summed E-state index contributed by atoms with van der Waals surface area (Å²) in [6.07, 6.45) is 2.31. The van der Waals surface area contributed by atoms with E-state index < -0.39 is 10.0 Å². The van der Waals surface area contributed by atoms with Crippen LogP contribution in [-0.2, 0) is 14.8 Å². The van der Waals surface area contributed by atoms with Crippen LogP contribution in [0.15, 0.2) is 33.5 Å². The highest BCUT2D eigenvalue weighted by molar-refractivity contribution is 8.01. The average molecular weight is 465 g/mol. The molecule has 1 aromatic carbocycles. The third-order valence-corrected chi connectivity index (χ3v) is 8.78. The Hall–Kier alpha value is -2.20. The summed E-state index contributed by atoms with van der Waals surface area (Å²) < 4.78 is 27.8. The summed E-state index contributed by atoms with van der Waals surface area (Å²) in [6, 6.07) is 8.60. The van der Waals surface area contributed by atoms with Crippen molar-refractivity contribution in [1.82, 2.24) is 19.4 Å². The van der Waals surface area contributed by atoms with E-state index in [-0.39, 0.29) is 35.2 Å². The van der Waals surface area contributed by atoms with Crippen LogP contribution in [0.3, 0.4) is 0 Å². The van der Waals surface area contributed by atoms with Crippen molar-refractivity contribution in [3.63, 3.8) is 0 Å². The molecule has 0 unspecified atom stereocenters. The first-order chi connectivity index (χ1) is 14.5. The van der Waals surface area contributed by atoms with E-state index in [1.807, 2.05) is 6.07 Å². The monoisotopic (exact) mass is 464 g/mol. The lowest BCUT2D eigenvalue weighted by atomic mass is 10.2. The number of carbonyl (C=O) groups is 1. The summed E-state index contributed by atoms with van der Waals surface area (Å²) in [4.78, 5) is 14.2. The molecule has 2 aliphatic rings. The Kier molecular flexibility index (Phi) is 6.24. The fourth-order valence-corrected chi connectivity index (χ4v) is 6.34. The first-order valence-electron chi connectivity index (χ1n) is 9.47. The van der Waals surface area contributed by atoms with Gasteiger partial charge in [-0.3, -0.25) is 4.79 Å². The first-order valence-corrected chi connectivity index (χ1v) is 12.7. The number of anilines is 1. The predicted octanol–water partition coefficient (Wildman–Crippen LogP) is 1.61. The van der Waals surface area contributed by atoms with Gasteiger partial charge in [0.25, 0.3) is 0 Å². The van der Waals surface area contributed by atoms with E-state index in [2.05, 4.69) is 15.5 Å². The Morgan fingerprint density at radius 1 is 1.23 bits per heavy atom. The molecule has 9 nitrogen and oxygen atoms in total. The Labute approximate surface area is 183 Å². The van der Waals surface area contributed by atoms with Crippen molar-refractivity contribution in [3.8, 4) is 6.07 Å². The van der Waals surface area contributed by atoms with Crippen molar-refractivity contribution >= 4 is 44.2 Å². The van der Waals surface area contributed by atoms with Gasteiger partial charge in [0.1, 0.15) is 6.07 Å². The maximum absolute atomic E-state index is 12.9. The normalized spacial score (nSPS) is 17.5. The van der Waals surface area contributed by atoms with Crippen LogP contribution in [0.2, 0.25) is 0 Å². The molecule has 1 amide bonds. The van der Waals surface area contributed by atoms with Gasteiger partial charge in [0.15, 0.2) is 4.34 Å². The second-order valence-corrected chi connectivity index (χ2v) is 11.1. The van der Waals surface area contributed by atoms with Crippen LogP contribution in [-0.4, -0.2) is 71.7 Å². The molecule has 1 aliphatic carbocycles. The summed E-state index contributed by atoms with van der Waals surface area (Å²) in [5.74, 6) is 0.184. The minimum absolute atomic E-state index is 0.00899. The third kappa shape index (κ3) is 4.75. The number of nitriles is 1. The molecule has 1 saturated heterocycles. The molecule has 1 aliphatic heterocycles. The number of carbonyl (C=O) groups excluding carboxylic acids is 1. The zero-order valence-corrected chi connectivity index (χ0v) is 18.5. The maximum atomic E-state index is 12.9. The second-order valence-electron chi connectivity index (χ2n) is 6.97. The summed E-state index contributed by atoms with van der Waals surface area (Å²) in [7, 11) is -3.77. The van der Waals surface area contributed by atoms with Crippen LogP contribution in [0.4, 0.5) is 5.13 Å². The van der Waals surface area contributed by atoms with Gasteiger partial charge in [-0.25, -0.2) is 8.42 Å². The number of hydrogen-bond donors (Lipinski definition) is 1. The Morgan fingerprint density at radius 3 is 2.67 bits per heavy atom. The topological polar surface area (TPSA) is 119 Å². The molecule has 0 spiro atoms. The van der Waals surface area contributed by atoms with Gasteiger partial charge < -0.3 is 10.2 Å². The summed E-state index contributed by atoms with van der Waals surface area (Å²) in [5, 5.41) is 21.4. The minimum Gasteiger partial charge on any atom is -0.357 e. The molecule has 12 heteroatoms. The van der Waals surface area contributed by atoms with E-state index in [0.29, 0.717) is 19.1 Å². The molecule has 2 aromatic rings. The Bertz CT molecular complexity index is 1070. The second kappa shape index (κ2) is 8.89. The number of piperazine rings is 1. The number of benzene rings is 1. The molecule has 2 heterocycles. The largest absolute Gasteiger partial charge is 0.357 e. The SMILES string of the molecule is N#Cc1ccccc1S(=O)(=O)N1CCN(C(=O)CSc2nnc(NC3CC3)s2)CC1. The minimum atomic E-state index is -3.77. The van der Waals surface area contributed by atoms with Gasteiger partial charge in [-0.2, -0.15) is 9.57 Å². The van der Waals surface area contributed by atoms with Crippen molar-refractivity contribution in [2.24, 2.45) is 0 Å². The number of nitrogens with one attached hydrogen (secondary N) is 1. The number of rotatable bonds is 7. The number of hydrogen-bond acceptors (Lipinski definition) is 9. The predicted molar refractivity (Wildman–Crippen MR) is 114 cm³/mol. The molecule has 0 bridgehead atoms. The van der Waals surface area contributed by atoms with E-state index in [4.69, 9.17) is 0 Å². The van der Waals surface area contributed by atoms with Gasteiger partial charge in [0.2, 0.25) is 21.1 Å². The molecule has 1 aromatic heterocycles. The molecular weight excluding hydrogens is 444 g/mol. The third-order valence-electron chi connectivity index (χ3n) is 4.85. The van der Waals surface area contributed by atoms with E-state index in [9.17, 15) is 18.5 Å².